The molecule has 0 aliphatic carbocycles. The molecule has 164 valence electrons. The Hall–Kier alpha value is -3.40. The largest absolute Gasteiger partial charge is 0.492 e. The first-order chi connectivity index (χ1) is 14.7. The van der Waals surface area contributed by atoms with E-state index in [0.29, 0.717) is 23.8 Å². The number of benzene rings is 2. The summed E-state index contributed by atoms with van der Waals surface area (Å²) in [5.41, 5.74) is 0.718. The van der Waals surface area contributed by atoms with E-state index in [1.807, 2.05) is 0 Å². The highest BCUT2D eigenvalue weighted by Crippen LogP contribution is 2.30. The van der Waals surface area contributed by atoms with Crippen LogP contribution in [0.25, 0.3) is 0 Å². The molecular formula is C21H22N2O7S. The quantitative estimate of drug-likeness (QED) is 0.594. The summed E-state index contributed by atoms with van der Waals surface area (Å²) in [4.78, 5) is 36.5. The first kappa shape index (κ1) is 22.3. The predicted octanol–water partition coefficient (Wildman–Crippen LogP) is 2.04. The van der Waals surface area contributed by atoms with Crippen LogP contribution in [-0.4, -0.2) is 50.2 Å². The second kappa shape index (κ2) is 9.17. The van der Waals surface area contributed by atoms with Crippen molar-refractivity contribution in [2.45, 2.75) is 20.0 Å². The Morgan fingerprint density at radius 1 is 1.16 bits per heavy atom. The minimum atomic E-state index is -4.04. The third-order valence-corrected chi connectivity index (χ3v) is 5.80. The molecule has 0 saturated carbocycles. The molecule has 1 atom stereocenters. The van der Waals surface area contributed by atoms with Crippen LogP contribution in [0.15, 0.2) is 42.5 Å². The van der Waals surface area contributed by atoms with Crippen LogP contribution in [0.5, 0.6) is 11.5 Å². The highest BCUT2D eigenvalue weighted by atomic mass is 32.2. The number of hydrogen-bond acceptors (Lipinski definition) is 7. The molecule has 1 unspecified atom stereocenters. The minimum absolute atomic E-state index is 0.0860. The van der Waals surface area contributed by atoms with Gasteiger partial charge in [0.05, 0.1) is 18.0 Å². The van der Waals surface area contributed by atoms with Gasteiger partial charge < -0.3 is 20.1 Å². The molecule has 2 aromatic carbocycles. The van der Waals surface area contributed by atoms with Crippen LogP contribution in [-0.2, 0) is 19.4 Å². The van der Waals surface area contributed by atoms with Crippen LogP contribution < -0.4 is 20.1 Å². The SMILES string of the molecule is CCOc1ccccc1NC(=O)CS(=O)(=O)CC(=O)c1ccc2c(c1)NC(=O)C(C)O2. The van der Waals surface area contributed by atoms with Crippen molar-refractivity contribution in [1.29, 1.82) is 0 Å². The number of nitrogens with one attached hydrogen (secondary N) is 2. The van der Waals surface area contributed by atoms with Gasteiger partial charge in [-0.1, -0.05) is 12.1 Å². The molecule has 9 nitrogen and oxygen atoms in total. The zero-order chi connectivity index (χ0) is 22.6. The second-order valence-corrected chi connectivity index (χ2v) is 8.96. The van der Waals surface area contributed by atoms with Crippen molar-refractivity contribution >= 4 is 38.8 Å². The lowest BCUT2D eigenvalue weighted by Crippen LogP contribution is -2.34. The molecule has 31 heavy (non-hydrogen) atoms. The molecule has 0 radical (unpaired) electrons. The summed E-state index contributed by atoms with van der Waals surface area (Å²) in [5.74, 6) is -2.75. The summed E-state index contributed by atoms with van der Waals surface area (Å²) in [6, 6.07) is 10.9. The number of fused-ring (bicyclic) bond motifs is 1. The van der Waals surface area contributed by atoms with Gasteiger partial charge >= 0.3 is 0 Å². The summed E-state index contributed by atoms with van der Waals surface area (Å²) in [5, 5.41) is 5.10. The van der Waals surface area contributed by atoms with Gasteiger partial charge in [-0.05, 0) is 44.2 Å². The van der Waals surface area contributed by atoms with E-state index in [-0.39, 0.29) is 17.2 Å². The van der Waals surface area contributed by atoms with Crippen LogP contribution in [0.1, 0.15) is 24.2 Å². The molecule has 3 rings (SSSR count). The molecule has 2 N–H and O–H groups in total. The average molecular weight is 446 g/mol. The lowest BCUT2D eigenvalue weighted by atomic mass is 10.1. The summed E-state index contributed by atoms with van der Waals surface area (Å²) in [6.07, 6.45) is -0.666. The summed E-state index contributed by atoms with van der Waals surface area (Å²) < 4.78 is 35.6. The van der Waals surface area contributed by atoms with Crippen LogP contribution in [0, 0.1) is 0 Å². The van der Waals surface area contributed by atoms with E-state index in [0.717, 1.165) is 0 Å². The van der Waals surface area contributed by atoms with Gasteiger partial charge in [0.25, 0.3) is 5.91 Å². The number of ketones is 1. The molecular weight excluding hydrogens is 424 g/mol. The number of hydrogen-bond donors (Lipinski definition) is 2. The fraction of sp³-hybridized carbons (Fsp3) is 0.286. The molecule has 1 aliphatic heterocycles. The van der Waals surface area contributed by atoms with Crippen molar-refractivity contribution < 1.29 is 32.3 Å². The molecule has 0 saturated heterocycles. The zero-order valence-corrected chi connectivity index (χ0v) is 17.8. The van der Waals surface area contributed by atoms with Crippen LogP contribution in [0.2, 0.25) is 0 Å². The van der Waals surface area contributed by atoms with Crippen molar-refractivity contribution in [2.75, 3.05) is 28.7 Å². The molecule has 0 fully saturated rings. The first-order valence-electron chi connectivity index (χ1n) is 9.55. The van der Waals surface area contributed by atoms with Crippen LogP contribution in [0.4, 0.5) is 11.4 Å². The maximum absolute atomic E-state index is 12.5. The summed E-state index contributed by atoms with van der Waals surface area (Å²) in [6.45, 7) is 3.75. The van der Waals surface area contributed by atoms with E-state index in [4.69, 9.17) is 9.47 Å². The highest BCUT2D eigenvalue weighted by molar-refractivity contribution is 7.92. The standard InChI is InChI=1S/C21H22N2O7S/c1-3-29-18-7-5-4-6-15(18)22-20(25)12-31(27,28)11-17(24)14-8-9-19-16(10-14)23-21(26)13(2)30-19/h4-10,13H,3,11-12H2,1-2H3,(H,22,25)(H,23,26). The lowest BCUT2D eigenvalue weighted by molar-refractivity contribution is -0.122. The Labute approximate surface area is 179 Å². The Kier molecular flexibility index (Phi) is 6.59. The van der Waals surface area contributed by atoms with Gasteiger partial charge in [-0.3, -0.25) is 14.4 Å². The van der Waals surface area contributed by atoms with Crippen molar-refractivity contribution in [3.05, 3.63) is 48.0 Å². The van der Waals surface area contributed by atoms with Crippen molar-refractivity contribution in [3.63, 3.8) is 0 Å². The average Bonchev–Trinajstić information content (AvgIpc) is 2.69. The molecule has 0 aromatic heterocycles. The molecule has 10 heteroatoms. The van der Waals surface area contributed by atoms with Gasteiger partial charge in [-0.15, -0.1) is 0 Å². The summed E-state index contributed by atoms with van der Waals surface area (Å²) >= 11 is 0. The number of carbonyl (C=O) groups excluding carboxylic acids is 3. The molecule has 0 spiro atoms. The van der Waals surface area contributed by atoms with Crippen LogP contribution >= 0.6 is 0 Å². The van der Waals surface area contributed by atoms with Gasteiger partial charge in [-0.2, -0.15) is 0 Å². The lowest BCUT2D eigenvalue weighted by Gasteiger charge is -2.23. The monoisotopic (exact) mass is 446 g/mol. The van der Waals surface area contributed by atoms with E-state index in [2.05, 4.69) is 10.6 Å². The van der Waals surface area contributed by atoms with E-state index >= 15 is 0 Å². The third-order valence-electron chi connectivity index (χ3n) is 4.40. The normalized spacial score (nSPS) is 15.3. The molecule has 2 amide bonds. The zero-order valence-electron chi connectivity index (χ0n) is 17.0. The maximum atomic E-state index is 12.5. The Balaban J connectivity index is 1.66. The molecule has 0 bridgehead atoms. The molecule has 2 aromatic rings. The third kappa shape index (κ3) is 5.60. The number of amides is 2. The maximum Gasteiger partial charge on any atom is 0.265 e. The number of carbonyl (C=O) groups is 3. The number of anilines is 2. The van der Waals surface area contributed by atoms with Gasteiger partial charge in [0, 0.05) is 5.56 Å². The number of ether oxygens (including phenoxy) is 2. The number of rotatable bonds is 8. The minimum Gasteiger partial charge on any atom is -0.492 e. The Bertz CT molecular complexity index is 1130. The highest BCUT2D eigenvalue weighted by Gasteiger charge is 2.26. The van der Waals surface area contributed by atoms with Gasteiger partial charge in [-0.25, -0.2) is 8.42 Å². The van der Waals surface area contributed by atoms with Gasteiger partial charge in [0.15, 0.2) is 21.7 Å². The number of para-hydroxylation sites is 2. The number of sulfone groups is 1. The predicted molar refractivity (Wildman–Crippen MR) is 114 cm³/mol. The van der Waals surface area contributed by atoms with Crippen molar-refractivity contribution in [2.24, 2.45) is 0 Å². The topological polar surface area (TPSA) is 128 Å². The fourth-order valence-electron chi connectivity index (χ4n) is 2.95. The number of Topliss-reactive ketones (excluding diaryl/α,β-unsaturated/α-hetero) is 1. The summed E-state index contributed by atoms with van der Waals surface area (Å²) in [7, 11) is -4.04. The van der Waals surface area contributed by atoms with E-state index < -0.39 is 39.1 Å². The van der Waals surface area contributed by atoms with Crippen molar-refractivity contribution in [1.82, 2.24) is 0 Å². The van der Waals surface area contributed by atoms with Gasteiger partial charge in [0.1, 0.15) is 23.0 Å². The second-order valence-electron chi connectivity index (χ2n) is 6.89. The molecule has 1 aliphatic rings. The van der Waals surface area contributed by atoms with E-state index in [1.165, 1.54) is 18.2 Å². The Morgan fingerprint density at radius 3 is 2.65 bits per heavy atom. The van der Waals surface area contributed by atoms with Crippen LogP contribution in [0.3, 0.4) is 0 Å². The van der Waals surface area contributed by atoms with Gasteiger partial charge in [0.2, 0.25) is 5.91 Å². The van der Waals surface area contributed by atoms with E-state index in [1.54, 1.807) is 38.1 Å². The Morgan fingerprint density at radius 2 is 1.90 bits per heavy atom. The van der Waals surface area contributed by atoms with E-state index in [9.17, 15) is 22.8 Å². The molecule has 1 heterocycles. The first-order valence-corrected chi connectivity index (χ1v) is 11.4. The van der Waals surface area contributed by atoms with Crippen molar-refractivity contribution in [3.8, 4) is 11.5 Å². The smallest absolute Gasteiger partial charge is 0.265 e. The fourth-order valence-corrected chi connectivity index (χ4v) is 4.09.